The Hall–Kier alpha value is -3.99. The van der Waals surface area contributed by atoms with E-state index in [4.69, 9.17) is 10.4 Å². The maximum atomic E-state index is 13.1. The van der Waals surface area contributed by atoms with Crippen LogP contribution in [0.4, 0.5) is 5.82 Å². The van der Waals surface area contributed by atoms with Gasteiger partial charge in [0, 0.05) is 10.6 Å². The molecule has 34 heavy (non-hydrogen) atoms. The number of carbonyl (C=O) groups is 1. The second-order valence-electron chi connectivity index (χ2n) is 7.59. The minimum atomic E-state index is -0.487. The van der Waals surface area contributed by atoms with E-state index in [1.807, 2.05) is 69.3 Å². The molecule has 4 aromatic rings. The Labute approximate surface area is 200 Å². The van der Waals surface area contributed by atoms with Crippen molar-refractivity contribution in [3.05, 3.63) is 76.6 Å². The average molecular weight is 477 g/mol. The van der Waals surface area contributed by atoms with E-state index in [-0.39, 0.29) is 17.3 Å². The highest BCUT2D eigenvalue weighted by Crippen LogP contribution is 2.26. The molecule has 11 heteroatoms. The predicted molar refractivity (Wildman–Crippen MR) is 130 cm³/mol. The highest BCUT2D eigenvalue weighted by molar-refractivity contribution is 7.98. The quantitative estimate of drug-likeness (QED) is 0.223. The summed E-state index contributed by atoms with van der Waals surface area (Å²) in [7, 11) is 0. The molecule has 0 aliphatic carbocycles. The molecule has 2 aromatic carbocycles. The van der Waals surface area contributed by atoms with Crippen LogP contribution >= 0.6 is 11.8 Å². The van der Waals surface area contributed by atoms with Crippen molar-refractivity contribution in [3.8, 4) is 5.82 Å². The molecular formula is C23H24N8O2S. The number of nitrogen functional groups attached to an aromatic ring is 1. The number of nitrogens with zero attached hydrogens (tertiary/aromatic N) is 6. The first kappa shape index (κ1) is 23.2. The Bertz CT molecular complexity index is 1310. The summed E-state index contributed by atoms with van der Waals surface area (Å²) in [6.07, 6.45) is 0.646. The molecule has 10 nitrogen and oxygen atoms in total. The first-order valence-corrected chi connectivity index (χ1v) is 11.6. The molecule has 0 saturated carbocycles. The number of carbonyl (C=O) groups excluding carboxylic acids is 1. The van der Waals surface area contributed by atoms with Crippen molar-refractivity contribution in [1.29, 1.82) is 0 Å². The molecule has 0 unspecified atom stereocenters. The highest BCUT2D eigenvalue weighted by atomic mass is 32.2. The van der Waals surface area contributed by atoms with Crippen LogP contribution in [0.25, 0.3) is 5.82 Å². The fourth-order valence-electron chi connectivity index (χ4n) is 3.17. The number of rotatable bonds is 8. The normalized spacial score (nSPS) is 11.6. The Kier molecular flexibility index (Phi) is 7.02. The zero-order valence-electron chi connectivity index (χ0n) is 19.0. The lowest BCUT2D eigenvalue weighted by Gasteiger charge is -2.07. The zero-order chi connectivity index (χ0) is 24.1. The highest BCUT2D eigenvalue weighted by Gasteiger charge is 2.24. The Morgan fingerprint density at radius 1 is 1.09 bits per heavy atom. The van der Waals surface area contributed by atoms with Crippen LogP contribution < -0.4 is 11.2 Å². The molecule has 0 atom stereocenters. The van der Waals surface area contributed by atoms with E-state index in [0.29, 0.717) is 17.9 Å². The number of nitrogens with one attached hydrogen (secondary N) is 1. The number of benzene rings is 2. The van der Waals surface area contributed by atoms with Crippen LogP contribution in [0, 0.1) is 13.8 Å². The predicted octanol–water partition coefficient (Wildman–Crippen LogP) is 3.69. The zero-order valence-corrected chi connectivity index (χ0v) is 19.8. The summed E-state index contributed by atoms with van der Waals surface area (Å²) in [4.78, 5) is 14.1. The standard InChI is InChI=1S/C23H24N8O2S/c1-4-18(16-9-5-14(2)6-10-16)25-27-23(32)20-19(13-34-17-11-7-15(3)8-12-17)31(30-26-20)22-21(24)28-33-29-22/h5-12H,4,13H2,1-3H3,(H2,24,28)(H,27,32). The van der Waals surface area contributed by atoms with Crippen LogP contribution in [0.5, 0.6) is 0 Å². The van der Waals surface area contributed by atoms with Crippen LogP contribution in [-0.4, -0.2) is 36.9 Å². The van der Waals surface area contributed by atoms with Gasteiger partial charge in [-0.3, -0.25) is 4.79 Å². The van der Waals surface area contributed by atoms with Gasteiger partial charge in [0.15, 0.2) is 5.69 Å². The van der Waals surface area contributed by atoms with Gasteiger partial charge in [-0.2, -0.15) is 9.78 Å². The van der Waals surface area contributed by atoms with Gasteiger partial charge in [-0.1, -0.05) is 59.7 Å². The van der Waals surface area contributed by atoms with Crippen molar-refractivity contribution in [1.82, 2.24) is 30.7 Å². The third kappa shape index (κ3) is 5.15. The van der Waals surface area contributed by atoms with Gasteiger partial charge in [0.25, 0.3) is 5.91 Å². The van der Waals surface area contributed by atoms with Gasteiger partial charge in [0.1, 0.15) is 0 Å². The number of hydrogen-bond acceptors (Lipinski definition) is 9. The summed E-state index contributed by atoms with van der Waals surface area (Å²) in [6.45, 7) is 6.02. The number of aromatic nitrogens is 5. The summed E-state index contributed by atoms with van der Waals surface area (Å²) in [5.41, 5.74) is 13.1. The van der Waals surface area contributed by atoms with Gasteiger partial charge in [-0.05, 0) is 48.3 Å². The number of nitrogens with two attached hydrogens (primary N) is 1. The number of aryl methyl sites for hydroxylation is 2. The molecule has 0 spiro atoms. The first-order chi connectivity index (χ1) is 16.5. The minimum Gasteiger partial charge on any atom is -0.378 e. The van der Waals surface area contributed by atoms with Crippen LogP contribution in [0.3, 0.4) is 0 Å². The topological polar surface area (TPSA) is 137 Å². The summed E-state index contributed by atoms with van der Waals surface area (Å²) < 4.78 is 6.08. The molecule has 3 N–H and O–H groups in total. The van der Waals surface area contributed by atoms with Crippen molar-refractivity contribution in [2.45, 2.75) is 37.8 Å². The fraction of sp³-hybridized carbons (Fsp3) is 0.217. The summed E-state index contributed by atoms with van der Waals surface area (Å²) in [5, 5.41) is 19.9. The van der Waals surface area contributed by atoms with Gasteiger partial charge < -0.3 is 5.73 Å². The summed E-state index contributed by atoms with van der Waals surface area (Å²) in [6, 6.07) is 16.0. The Morgan fingerprint density at radius 2 is 1.76 bits per heavy atom. The lowest BCUT2D eigenvalue weighted by molar-refractivity contribution is 0.0949. The smallest absolute Gasteiger partial charge is 0.293 e. The maximum absolute atomic E-state index is 13.1. The third-order valence-corrected chi connectivity index (χ3v) is 6.11. The third-order valence-electron chi connectivity index (χ3n) is 5.08. The fourth-order valence-corrected chi connectivity index (χ4v) is 4.06. The van der Waals surface area contributed by atoms with Crippen molar-refractivity contribution >= 4 is 29.2 Å². The van der Waals surface area contributed by atoms with Crippen molar-refractivity contribution in [2.75, 3.05) is 5.73 Å². The lowest BCUT2D eigenvalue weighted by Crippen LogP contribution is -2.22. The molecule has 0 fully saturated rings. The van der Waals surface area contributed by atoms with Crippen molar-refractivity contribution < 1.29 is 9.42 Å². The molecule has 0 aliphatic heterocycles. The molecule has 4 rings (SSSR count). The monoisotopic (exact) mass is 476 g/mol. The van der Waals surface area contributed by atoms with Gasteiger partial charge in [0.2, 0.25) is 11.6 Å². The van der Waals surface area contributed by atoms with E-state index in [1.54, 1.807) is 0 Å². The molecule has 0 aliphatic rings. The Morgan fingerprint density at radius 3 is 2.38 bits per heavy atom. The largest absolute Gasteiger partial charge is 0.378 e. The molecular weight excluding hydrogens is 452 g/mol. The van der Waals surface area contributed by atoms with Crippen molar-refractivity contribution in [2.24, 2.45) is 5.10 Å². The number of amides is 1. The number of thioether (sulfide) groups is 1. The second-order valence-corrected chi connectivity index (χ2v) is 8.64. The van der Waals surface area contributed by atoms with Gasteiger partial charge in [-0.25, -0.2) is 10.1 Å². The number of hydrazone groups is 1. The SMILES string of the molecule is CCC(=NNC(=O)c1nnn(-c2nonc2N)c1CSc1ccc(C)cc1)c1ccc(C)cc1. The van der Waals surface area contributed by atoms with E-state index in [1.165, 1.54) is 16.4 Å². The summed E-state index contributed by atoms with van der Waals surface area (Å²) in [5.74, 6) is 0.111. The molecule has 2 heterocycles. The van der Waals surface area contributed by atoms with E-state index in [2.05, 4.69) is 31.2 Å². The molecule has 174 valence electrons. The van der Waals surface area contributed by atoms with E-state index >= 15 is 0 Å². The van der Waals surface area contributed by atoms with Crippen LogP contribution in [0.2, 0.25) is 0 Å². The molecule has 1 amide bonds. The first-order valence-electron chi connectivity index (χ1n) is 10.6. The second kappa shape index (κ2) is 10.3. The lowest BCUT2D eigenvalue weighted by atomic mass is 10.1. The van der Waals surface area contributed by atoms with Crippen LogP contribution in [0.15, 0.2) is 63.2 Å². The van der Waals surface area contributed by atoms with E-state index in [0.717, 1.165) is 27.3 Å². The average Bonchev–Trinajstić information content (AvgIpc) is 3.45. The van der Waals surface area contributed by atoms with Gasteiger partial charge in [-0.15, -0.1) is 16.9 Å². The molecule has 0 saturated heterocycles. The van der Waals surface area contributed by atoms with Crippen molar-refractivity contribution in [3.63, 3.8) is 0 Å². The number of anilines is 1. The maximum Gasteiger partial charge on any atom is 0.293 e. The van der Waals surface area contributed by atoms with Crippen LogP contribution in [0.1, 0.15) is 46.2 Å². The van der Waals surface area contributed by atoms with Gasteiger partial charge in [0.05, 0.1) is 11.4 Å². The molecule has 0 radical (unpaired) electrons. The molecule has 2 aromatic heterocycles. The van der Waals surface area contributed by atoms with E-state index < -0.39 is 5.91 Å². The van der Waals surface area contributed by atoms with Gasteiger partial charge >= 0.3 is 0 Å². The minimum absolute atomic E-state index is 0.0455. The van der Waals surface area contributed by atoms with E-state index in [9.17, 15) is 4.79 Å². The van der Waals surface area contributed by atoms with Crippen LogP contribution in [-0.2, 0) is 5.75 Å². The molecule has 0 bridgehead atoms. The number of hydrogen-bond donors (Lipinski definition) is 2. The summed E-state index contributed by atoms with van der Waals surface area (Å²) >= 11 is 1.53. The Balaban J connectivity index is 1.61.